The van der Waals surface area contributed by atoms with Crippen LogP contribution in [-0.2, 0) is 4.79 Å². The number of carbonyl (C=O) groups is 3. The number of carbonyl (C=O) groups excluding carboxylic acids is 3. The van der Waals surface area contributed by atoms with Crippen LogP contribution in [0, 0.1) is 5.92 Å². The molecule has 2 fully saturated rings. The van der Waals surface area contributed by atoms with Crippen LogP contribution in [-0.4, -0.2) is 66.8 Å². The molecule has 0 radical (unpaired) electrons. The summed E-state index contributed by atoms with van der Waals surface area (Å²) in [6.07, 6.45) is 5.88. The van der Waals surface area contributed by atoms with E-state index in [4.69, 9.17) is 4.42 Å². The Morgan fingerprint density at radius 3 is 2.52 bits per heavy atom. The van der Waals surface area contributed by atoms with E-state index in [-0.39, 0.29) is 23.5 Å². The van der Waals surface area contributed by atoms with Crippen LogP contribution in [0.2, 0.25) is 0 Å². The maximum Gasteiger partial charge on any atom is 0.291 e. The van der Waals surface area contributed by atoms with Crippen molar-refractivity contribution in [3.63, 3.8) is 0 Å². The number of furan rings is 1. The first-order valence-corrected chi connectivity index (χ1v) is 11.7. The summed E-state index contributed by atoms with van der Waals surface area (Å²) in [5.41, 5.74) is 0. The summed E-state index contributed by atoms with van der Waals surface area (Å²) in [4.78, 5) is 41.8. The predicted octanol–water partition coefficient (Wildman–Crippen LogP) is 2.66. The number of hydrogen-bond donors (Lipinski definition) is 2. The maximum absolute atomic E-state index is 12.5. The van der Waals surface area contributed by atoms with Gasteiger partial charge in [0, 0.05) is 45.2 Å². The van der Waals surface area contributed by atoms with Gasteiger partial charge in [-0.2, -0.15) is 0 Å². The molecule has 2 N–H and O–H groups in total. The second kappa shape index (κ2) is 10.1. The molecule has 0 spiro atoms. The molecular formula is C22H28N4O4S. The number of nitrogens with zero attached hydrogens (tertiary/aromatic N) is 2. The summed E-state index contributed by atoms with van der Waals surface area (Å²) in [7, 11) is 0. The maximum atomic E-state index is 12.5. The number of nitrogens with one attached hydrogen (secondary N) is 2. The average Bonchev–Trinajstić information content (AvgIpc) is 3.56. The van der Waals surface area contributed by atoms with E-state index in [1.807, 2.05) is 4.90 Å². The van der Waals surface area contributed by atoms with E-state index in [0.29, 0.717) is 22.3 Å². The fourth-order valence-corrected chi connectivity index (χ4v) is 4.96. The Bertz CT molecular complexity index is 897. The largest absolute Gasteiger partial charge is 0.459 e. The number of anilines is 1. The molecule has 2 aliphatic rings. The van der Waals surface area contributed by atoms with E-state index < -0.39 is 0 Å². The van der Waals surface area contributed by atoms with Crippen molar-refractivity contribution in [2.24, 2.45) is 5.92 Å². The Labute approximate surface area is 185 Å². The van der Waals surface area contributed by atoms with E-state index >= 15 is 0 Å². The van der Waals surface area contributed by atoms with Gasteiger partial charge in [-0.1, -0.05) is 12.8 Å². The van der Waals surface area contributed by atoms with Crippen molar-refractivity contribution in [2.45, 2.75) is 25.7 Å². The first-order chi connectivity index (χ1) is 15.1. The molecule has 2 aromatic heterocycles. The molecule has 1 aliphatic carbocycles. The SMILES string of the molecule is O=C(Nc1ccc(C(=O)NCCN2CCN(C(=O)C3CCCC3)CC2)s1)c1ccco1. The van der Waals surface area contributed by atoms with Gasteiger partial charge in [-0.3, -0.25) is 19.3 Å². The fourth-order valence-electron chi connectivity index (χ4n) is 4.15. The highest BCUT2D eigenvalue weighted by Gasteiger charge is 2.29. The van der Waals surface area contributed by atoms with Crippen molar-refractivity contribution in [3.8, 4) is 0 Å². The molecule has 4 rings (SSSR count). The first kappa shape index (κ1) is 21.6. The van der Waals surface area contributed by atoms with Gasteiger partial charge in [-0.05, 0) is 37.1 Å². The second-order valence-corrected chi connectivity index (χ2v) is 9.08. The van der Waals surface area contributed by atoms with E-state index in [2.05, 4.69) is 15.5 Å². The van der Waals surface area contributed by atoms with Crippen LogP contribution < -0.4 is 10.6 Å². The zero-order valence-corrected chi connectivity index (χ0v) is 18.3. The minimum Gasteiger partial charge on any atom is -0.459 e. The fraction of sp³-hybridized carbons (Fsp3) is 0.500. The van der Waals surface area contributed by atoms with Crippen molar-refractivity contribution in [1.82, 2.24) is 15.1 Å². The lowest BCUT2D eigenvalue weighted by atomic mass is 10.1. The highest BCUT2D eigenvalue weighted by molar-refractivity contribution is 7.18. The highest BCUT2D eigenvalue weighted by Crippen LogP contribution is 2.27. The Morgan fingerprint density at radius 2 is 1.81 bits per heavy atom. The molecule has 2 aromatic rings. The van der Waals surface area contributed by atoms with Gasteiger partial charge in [0.1, 0.15) is 0 Å². The monoisotopic (exact) mass is 444 g/mol. The quantitative estimate of drug-likeness (QED) is 0.685. The molecule has 9 heteroatoms. The third kappa shape index (κ3) is 5.54. The van der Waals surface area contributed by atoms with Crippen LogP contribution in [0.4, 0.5) is 5.00 Å². The molecule has 0 bridgehead atoms. The lowest BCUT2D eigenvalue weighted by Crippen LogP contribution is -2.51. The van der Waals surface area contributed by atoms with Crippen LogP contribution in [0.5, 0.6) is 0 Å². The summed E-state index contributed by atoms with van der Waals surface area (Å²) >= 11 is 1.22. The molecule has 8 nitrogen and oxygen atoms in total. The summed E-state index contributed by atoms with van der Waals surface area (Å²) in [6, 6.07) is 6.64. The molecule has 166 valence electrons. The van der Waals surface area contributed by atoms with E-state index in [1.54, 1.807) is 24.3 Å². The normalized spacial score (nSPS) is 17.6. The van der Waals surface area contributed by atoms with Crippen LogP contribution >= 0.6 is 11.3 Å². The highest BCUT2D eigenvalue weighted by atomic mass is 32.1. The van der Waals surface area contributed by atoms with Crippen molar-refractivity contribution < 1.29 is 18.8 Å². The molecule has 0 unspecified atom stereocenters. The molecule has 1 saturated carbocycles. The Kier molecular flexibility index (Phi) is 7.03. The first-order valence-electron chi connectivity index (χ1n) is 10.8. The zero-order chi connectivity index (χ0) is 21.6. The molecule has 31 heavy (non-hydrogen) atoms. The van der Waals surface area contributed by atoms with Gasteiger partial charge in [-0.25, -0.2) is 0 Å². The van der Waals surface area contributed by atoms with Gasteiger partial charge in [-0.15, -0.1) is 11.3 Å². The summed E-state index contributed by atoms with van der Waals surface area (Å²) in [5.74, 6) is 0.302. The van der Waals surface area contributed by atoms with Gasteiger partial charge in [0.05, 0.1) is 16.1 Å². The summed E-state index contributed by atoms with van der Waals surface area (Å²) in [6.45, 7) is 4.53. The van der Waals surface area contributed by atoms with Gasteiger partial charge in [0.2, 0.25) is 5.91 Å². The standard InChI is InChI=1S/C22H28N4O4S/c27-20(17-6-3-15-30-17)24-19-8-7-18(31-19)21(28)23-9-10-25-11-13-26(14-12-25)22(29)16-4-1-2-5-16/h3,6-8,15-16H,1-2,4-5,9-14H2,(H,23,28)(H,24,27). The molecule has 1 aliphatic heterocycles. The minimum atomic E-state index is -0.343. The molecule has 0 aromatic carbocycles. The smallest absolute Gasteiger partial charge is 0.291 e. The van der Waals surface area contributed by atoms with Crippen LogP contribution in [0.25, 0.3) is 0 Å². The molecule has 0 atom stereocenters. The van der Waals surface area contributed by atoms with Gasteiger partial charge >= 0.3 is 0 Å². The van der Waals surface area contributed by atoms with E-state index in [0.717, 1.165) is 45.6 Å². The second-order valence-electron chi connectivity index (χ2n) is 8.00. The Hall–Kier alpha value is -2.65. The number of thiophene rings is 1. The van der Waals surface area contributed by atoms with Crippen LogP contribution in [0.15, 0.2) is 34.9 Å². The molecule has 3 heterocycles. The lowest BCUT2D eigenvalue weighted by molar-refractivity contribution is -0.137. The third-order valence-corrected chi connectivity index (χ3v) is 6.91. The Balaban J connectivity index is 1.16. The van der Waals surface area contributed by atoms with Crippen LogP contribution in [0.3, 0.4) is 0 Å². The van der Waals surface area contributed by atoms with E-state index in [1.165, 1.54) is 30.4 Å². The minimum absolute atomic E-state index is 0.154. The van der Waals surface area contributed by atoms with Crippen molar-refractivity contribution in [3.05, 3.63) is 41.2 Å². The Morgan fingerprint density at radius 1 is 1.03 bits per heavy atom. The number of hydrogen-bond acceptors (Lipinski definition) is 6. The average molecular weight is 445 g/mol. The third-order valence-electron chi connectivity index (χ3n) is 5.91. The van der Waals surface area contributed by atoms with Crippen molar-refractivity contribution in [1.29, 1.82) is 0 Å². The summed E-state index contributed by atoms with van der Waals surface area (Å²) in [5, 5.41) is 6.26. The lowest BCUT2D eigenvalue weighted by Gasteiger charge is -2.36. The zero-order valence-electron chi connectivity index (χ0n) is 17.5. The molecule has 1 saturated heterocycles. The predicted molar refractivity (Wildman–Crippen MR) is 118 cm³/mol. The van der Waals surface area contributed by atoms with Crippen LogP contribution in [0.1, 0.15) is 45.9 Å². The van der Waals surface area contributed by atoms with E-state index in [9.17, 15) is 14.4 Å². The summed E-state index contributed by atoms with van der Waals surface area (Å²) < 4.78 is 5.06. The molecular weight excluding hydrogens is 416 g/mol. The van der Waals surface area contributed by atoms with Crippen molar-refractivity contribution >= 4 is 34.1 Å². The topological polar surface area (TPSA) is 94.9 Å². The number of piperazine rings is 1. The number of rotatable bonds is 7. The number of amides is 3. The van der Waals surface area contributed by atoms with Gasteiger partial charge in [0.25, 0.3) is 11.8 Å². The van der Waals surface area contributed by atoms with Crippen molar-refractivity contribution in [2.75, 3.05) is 44.6 Å². The van der Waals surface area contributed by atoms with Gasteiger partial charge < -0.3 is 20.0 Å². The van der Waals surface area contributed by atoms with Gasteiger partial charge in [0.15, 0.2) is 5.76 Å². The molecule has 3 amide bonds.